The number of nitrogens with zero attached hydrogens (tertiary/aromatic N) is 1. The van der Waals surface area contributed by atoms with E-state index in [-0.39, 0.29) is 11.9 Å². The Kier molecular flexibility index (Phi) is 6.76. The summed E-state index contributed by atoms with van der Waals surface area (Å²) < 4.78 is 30.7. The van der Waals surface area contributed by atoms with Gasteiger partial charge in [-0.2, -0.15) is 0 Å². The molecule has 0 saturated carbocycles. The van der Waals surface area contributed by atoms with Gasteiger partial charge in [-0.15, -0.1) is 0 Å². The summed E-state index contributed by atoms with van der Waals surface area (Å²) >= 11 is 0. The lowest BCUT2D eigenvalue weighted by Crippen LogP contribution is -2.36. The van der Waals surface area contributed by atoms with Gasteiger partial charge in [0.1, 0.15) is 11.6 Å². The van der Waals surface area contributed by atoms with E-state index in [4.69, 9.17) is 14.2 Å². The average Bonchev–Trinajstić information content (AvgIpc) is 2.83. The molecule has 4 nitrogen and oxygen atoms in total. The Morgan fingerprint density at radius 3 is 2.41 bits per heavy atom. The lowest BCUT2D eigenvalue weighted by atomic mass is 9.87. The van der Waals surface area contributed by atoms with Gasteiger partial charge in [0.2, 0.25) is 0 Å². The van der Waals surface area contributed by atoms with Crippen LogP contribution in [0.15, 0.2) is 66.7 Å². The summed E-state index contributed by atoms with van der Waals surface area (Å²) in [4.78, 5) is 2.36. The number of para-hydroxylation sites is 1. The predicted octanol–water partition coefficient (Wildman–Crippen LogP) is 5.51. The number of rotatable bonds is 7. The van der Waals surface area contributed by atoms with Gasteiger partial charge in [0.05, 0.1) is 27.4 Å². The Labute approximate surface area is 188 Å². The SMILES string of the molecule is COc1ccccc1/C=C/CN1CCc2cc(OC)c(OC)cc2[C@H]1c1cccc(F)c1. The van der Waals surface area contributed by atoms with Gasteiger partial charge in [0.15, 0.2) is 11.5 Å². The number of hydrogen-bond donors (Lipinski definition) is 0. The summed E-state index contributed by atoms with van der Waals surface area (Å²) in [5, 5.41) is 0. The lowest BCUT2D eigenvalue weighted by Gasteiger charge is -2.37. The molecule has 166 valence electrons. The molecule has 1 aliphatic heterocycles. The van der Waals surface area contributed by atoms with E-state index in [0.29, 0.717) is 18.0 Å². The van der Waals surface area contributed by atoms with Crippen LogP contribution >= 0.6 is 0 Å². The quantitative estimate of drug-likeness (QED) is 0.491. The first-order chi connectivity index (χ1) is 15.6. The Balaban J connectivity index is 1.70. The minimum Gasteiger partial charge on any atom is -0.496 e. The van der Waals surface area contributed by atoms with Crippen LogP contribution in [0.1, 0.15) is 28.3 Å². The first-order valence-electron chi connectivity index (χ1n) is 10.7. The van der Waals surface area contributed by atoms with E-state index in [9.17, 15) is 4.39 Å². The first-order valence-corrected chi connectivity index (χ1v) is 10.7. The summed E-state index contributed by atoms with van der Waals surface area (Å²) in [7, 11) is 4.96. The number of hydrogen-bond acceptors (Lipinski definition) is 4. The van der Waals surface area contributed by atoms with Crippen LogP contribution in [-0.4, -0.2) is 39.3 Å². The minimum absolute atomic E-state index is 0.0865. The van der Waals surface area contributed by atoms with Crippen LogP contribution in [0, 0.1) is 5.82 Å². The van der Waals surface area contributed by atoms with Gasteiger partial charge in [0, 0.05) is 18.7 Å². The molecule has 0 aliphatic carbocycles. The number of benzene rings is 3. The van der Waals surface area contributed by atoms with E-state index in [0.717, 1.165) is 35.4 Å². The molecular weight excluding hydrogens is 405 g/mol. The molecule has 0 N–H and O–H groups in total. The van der Waals surface area contributed by atoms with Crippen molar-refractivity contribution < 1.29 is 18.6 Å². The van der Waals surface area contributed by atoms with Crippen LogP contribution in [0.2, 0.25) is 0 Å². The van der Waals surface area contributed by atoms with Gasteiger partial charge < -0.3 is 14.2 Å². The van der Waals surface area contributed by atoms with Crippen molar-refractivity contribution in [1.29, 1.82) is 0 Å². The standard InChI is InChI=1S/C27H28FNO3/c1-30-24-12-5-4-8-19(24)10-7-14-29-15-13-20-17-25(31-2)26(32-3)18-23(20)27(29)21-9-6-11-22(28)16-21/h4-12,16-18,27H,13-15H2,1-3H3/b10-7+/t27-/m1/s1. The molecule has 0 spiro atoms. The third-order valence-electron chi connectivity index (χ3n) is 5.91. The number of fused-ring (bicyclic) bond motifs is 1. The molecule has 3 aromatic rings. The molecule has 0 amide bonds. The molecular formula is C27H28FNO3. The monoisotopic (exact) mass is 433 g/mol. The highest BCUT2D eigenvalue weighted by Gasteiger charge is 2.30. The second kappa shape index (κ2) is 9.88. The van der Waals surface area contributed by atoms with Crippen molar-refractivity contribution in [2.75, 3.05) is 34.4 Å². The fourth-order valence-electron chi connectivity index (χ4n) is 4.38. The summed E-state index contributed by atoms with van der Waals surface area (Å²) in [5.41, 5.74) is 4.26. The molecule has 0 aromatic heterocycles. The van der Waals surface area contributed by atoms with Gasteiger partial charge in [-0.25, -0.2) is 4.39 Å². The maximum absolute atomic E-state index is 14.2. The molecule has 0 fully saturated rings. The third kappa shape index (κ3) is 4.48. The predicted molar refractivity (Wildman–Crippen MR) is 125 cm³/mol. The van der Waals surface area contributed by atoms with Crippen LogP contribution in [0.25, 0.3) is 6.08 Å². The van der Waals surface area contributed by atoms with Crippen molar-refractivity contribution in [2.24, 2.45) is 0 Å². The van der Waals surface area contributed by atoms with Crippen molar-refractivity contribution in [3.63, 3.8) is 0 Å². The van der Waals surface area contributed by atoms with E-state index >= 15 is 0 Å². The molecule has 1 atom stereocenters. The highest BCUT2D eigenvalue weighted by molar-refractivity contribution is 5.57. The van der Waals surface area contributed by atoms with Gasteiger partial charge in [-0.1, -0.05) is 42.5 Å². The Morgan fingerprint density at radius 2 is 1.66 bits per heavy atom. The normalized spacial score (nSPS) is 16.1. The number of halogens is 1. The van der Waals surface area contributed by atoms with E-state index in [1.54, 1.807) is 33.5 Å². The fraction of sp³-hybridized carbons (Fsp3) is 0.259. The maximum Gasteiger partial charge on any atom is 0.161 e. The van der Waals surface area contributed by atoms with Crippen molar-refractivity contribution in [2.45, 2.75) is 12.5 Å². The molecule has 0 bridgehead atoms. The van der Waals surface area contributed by atoms with Crippen molar-refractivity contribution in [3.05, 3.63) is 94.8 Å². The summed E-state index contributed by atoms with van der Waals surface area (Å²) in [6.45, 7) is 1.56. The second-order valence-corrected chi connectivity index (χ2v) is 7.75. The van der Waals surface area contributed by atoms with Gasteiger partial charge in [-0.05, 0) is 53.4 Å². The van der Waals surface area contributed by atoms with Crippen LogP contribution in [0.3, 0.4) is 0 Å². The van der Waals surface area contributed by atoms with Gasteiger partial charge in [0.25, 0.3) is 0 Å². The Morgan fingerprint density at radius 1 is 0.906 bits per heavy atom. The Hall–Kier alpha value is -3.31. The molecule has 0 saturated heterocycles. The van der Waals surface area contributed by atoms with E-state index in [2.05, 4.69) is 17.1 Å². The zero-order valence-corrected chi connectivity index (χ0v) is 18.7. The number of ether oxygens (including phenoxy) is 3. The van der Waals surface area contributed by atoms with Crippen molar-refractivity contribution in [1.82, 2.24) is 4.90 Å². The maximum atomic E-state index is 14.2. The smallest absolute Gasteiger partial charge is 0.161 e. The summed E-state index contributed by atoms with van der Waals surface area (Å²) in [6.07, 6.45) is 5.09. The van der Waals surface area contributed by atoms with Gasteiger partial charge >= 0.3 is 0 Å². The summed E-state index contributed by atoms with van der Waals surface area (Å²) in [5.74, 6) is 2.00. The minimum atomic E-state index is -0.236. The van der Waals surface area contributed by atoms with Crippen LogP contribution in [0.5, 0.6) is 17.2 Å². The molecule has 1 heterocycles. The molecule has 1 aliphatic rings. The van der Waals surface area contributed by atoms with Crippen molar-refractivity contribution in [3.8, 4) is 17.2 Å². The molecule has 32 heavy (non-hydrogen) atoms. The van der Waals surface area contributed by atoms with Gasteiger partial charge in [-0.3, -0.25) is 4.90 Å². The zero-order chi connectivity index (χ0) is 22.5. The summed E-state index contributed by atoms with van der Waals surface area (Å²) in [6, 6.07) is 18.8. The molecule has 4 rings (SSSR count). The first kappa shape index (κ1) is 21.9. The molecule has 0 unspecified atom stereocenters. The van der Waals surface area contributed by atoms with Crippen LogP contribution in [-0.2, 0) is 6.42 Å². The second-order valence-electron chi connectivity index (χ2n) is 7.75. The van der Waals surface area contributed by atoms with E-state index in [1.807, 2.05) is 42.5 Å². The molecule has 3 aromatic carbocycles. The van der Waals surface area contributed by atoms with Crippen LogP contribution in [0.4, 0.5) is 4.39 Å². The Bertz CT molecular complexity index is 1110. The van der Waals surface area contributed by atoms with Crippen molar-refractivity contribution >= 4 is 6.08 Å². The topological polar surface area (TPSA) is 30.9 Å². The third-order valence-corrected chi connectivity index (χ3v) is 5.91. The largest absolute Gasteiger partial charge is 0.496 e. The highest BCUT2D eigenvalue weighted by atomic mass is 19.1. The van der Waals surface area contributed by atoms with E-state index in [1.165, 1.54) is 11.6 Å². The van der Waals surface area contributed by atoms with Crippen LogP contribution < -0.4 is 14.2 Å². The molecule has 0 radical (unpaired) electrons. The lowest BCUT2D eigenvalue weighted by molar-refractivity contribution is 0.235. The van der Waals surface area contributed by atoms with E-state index < -0.39 is 0 Å². The highest BCUT2D eigenvalue weighted by Crippen LogP contribution is 2.41. The zero-order valence-electron chi connectivity index (χ0n) is 18.7. The average molecular weight is 434 g/mol. The number of methoxy groups -OCH3 is 3. The fourth-order valence-corrected chi connectivity index (χ4v) is 4.38. The molecule has 5 heteroatoms.